The van der Waals surface area contributed by atoms with E-state index in [-0.39, 0.29) is 16.7 Å². The van der Waals surface area contributed by atoms with Gasteiger partial charge < -0.3 is 5.32 Å². The largest absolute Gasteiger partial charge is 0.351 e. The molecule has 156 valence electrons. The van der Waals surface area contributed by atoms with Gasteiger partial charge in [-0.3, -0.25) is 9.10 Å². The van der Waals surface area contributed by atoms with Crippen molar-refractivity contribution in [3.8, 4) is 0 Å². The topological polar surface area (TPSA) is 66.5 Å². The highest BCUT2D eigenvalue weighted by molar-refractivity contribution is 7.92. The molecule has 0 fully saturated rings. The van der Waals surface area contributed by atoms with Crippen LogP contribution in [-0.4, -0.2) is 27.9 Å². The fourth-order valence-corrected chi connectivity index (χ4v) is 4.39. The molecule has 6 heteroatoms. The second-order valence-corrected chi connectivity index (χ2v) is 9.29. The van der Waals surface area contributed by atoms with Crippen LogP contribution in [0.15, 0.2) is 83.8 Å². The first kappa shape index (κ1) is 21.6. The van der Waals surface area contributed by atoms with Gasteiger partial charge in [0.05, 0.1) is 16.1 Å². The summed E-state index contributed by atoms with van der Waals surface area (Å²) in [7, 11) is -2.32. The molecule has 0 spiro atoms. The molecule has 0 bridgehead atoms. The molecule has 1 atom stereocenters. The number of aryl methyl sites for hydroxylation is 1. The van der Waals surface area contributed by atoms with Crippen LogP contribution in [0, 0.1) is 6.92 Å². The zero-order valence-corrected chi connectivity index (χ0v) is 18.2. The first-order valence-electron chi connectivity index (χ1n) is 9.78. The molecule has 1 amide bonds. The van der Waals surface area contributed by atoms with Crippen LogP contribution in [0.5, 0.6) is 0 Å². The quantitative estimate of drug-likeness (QED) is 0.615. The monoisotopic (exact) mass is 422 g/mol. The molecule has 0 heterocycles. The number of hydrogen-bond acceptors (Lipinski definition) is 3. The molecule has 0 aromatic heterocycles. The van der Waals surface area contributed by atoms with E-state index in [1.165, 1.54) is 7.05 Å². The van der Waals surface area contributed by atoms with Crippen molar-refractivity contribution in [1.82, 2.24) is 5.32 Å². The Hall–Kier alpha value is -3.12. The third-order valence-corrected chi connectivity index (χ3v) is 6.89. The number of anilines is 1. The molecule has 0 saturated carbocycles. The molecular formula is C24H26N2O3S. The van der Waals surface area contributed by atoms with Gasteiger partial charge in [-0.15, -0.1) is 0 Å². The van der Waals surface area contributed by atoms with Crippen molar-refractivity contribution in [3.63, 3.8) is 0 Å². The number of sulfonamides is 1. The van der Waals surface area contributed by atoms with Gasteiger partial charge in [-0.1, -0.05) is 67.1 Å². The molecule has 30 heavy (non-hydrogen) atoms. The Kier molecular flexibility index (Phi) is 6.57. The number of amides is 1. The van der Waals surface area contributed by atoms with E-state index in [9.17, 15) is 13.2 Å². The molecule has 0 radical (unpaired) electrons. The van der Waals surface area contributed by atoms with Crippen LogP contribution < -0.4 is 9.62 Å². The number of hydrogen-bond donors (Lipinski definition) is 1. The summed E-state index contributed by atoms with van der Waals surface area (Å²) in [5.41, 5.74) is 2.76. The van der Waals surface area contributed by atoms with Crippen molar-refractivity contribution in [2.75, 3.05) is 17.9 Å². The number of carbonyl (C=O) groups is 1. The minimum absolute atomic E-state index is 0.135. The maximum Gasteiger partial charge on any atom is 0.264 e. The predicted octanol–water partition coefficient (Wildman–Crippen LogP) is 4.35. The smallest absolute Gasteiger partial charge is 0.264 e. The summed E-state index contributed by atoms with van der Waals surface area (Å²) in [4.78, 5) is 13.1. The number of carbonyl (C=O) groups excluding carboxylic acids is 1. The van der Waals surface area contributed by atoms with Gasteiger partial charge in [0.25, 0.3) is 15.9 Å². The van der Waals surface area contributed by atoms with Crippen molar-refractivity contribution in [1.29, 1.82) is 0 Å². The highest BCUT2D eigenvalue weighted by Crippen LogP contribution is 2.26. The van der Waals surface area contributed by atoms with Gasteiger partial charge >= 0.3 is 0 Å². The van der Waals surface area contributed by atoms with Crippen LogP contribution in [-0.2, 0) is 10.0 Å². The van der Waals surface area contributed by atoms with E-state index in [4.69, 9.17) is 0 Å². The normalized spacial score (nSPS) is 12.2. The van der Waals surface area contributed by atoms with Gasteiger partial charge in [0.2, 0.25) is 0 Å². The van der Waals surface area contributed by atoms with Gasteiger partial charge in [-0.25, -0.2) is 8.42 Å². The van der Waals surface area contributed by atoms with Crippen molar-refractivity contribution < 1.29 is 13.2 Å². The molecule has 1 N–H and O–H groups in total. The van der Waals surface area contributed by atoms with Crippen LogP contribution in [0.3, 0.4) is 0 Å². The second kappa shape index (κ2) is 9.13. The molecular weight excluding hydrogens is 396 g/mol. The Balaban J connectivity index is 1.81. The summed E-state index contributed by atoms with van der Waals surface area (Å²) in [6.07, 6.45) is 0. The van der Waals surface area contributed by atoms with E-state index >= 15 is 0 Å². The second-order valence-electron chi connectivity index (χ2n) is 7.32. The summed E-state index contributed by atoms with van der Waals surface area (Å²) >= 11 is 0. The summed E-state index contributed by atoms with van der Waals surface area (Å²) in [5, 5.41) is 2.93. The highest BCUT2D eigenvalue weighted by atomic mass is 32.2. The van der Waals surface area contributed by atoms with Crippen molar-refractivity contribution in [2.24, 2.45) is 0 Å². The summed E-state index contributed by atoms with van der Waals surface area (Å²) in [6.45, 7) is 4.39. The lowest BCUT2D eigenvalue weighted by molar-refractivity contribution is 0.0952. The molecule has 5 nitrogen and oxygen atoms in total. The average molecular weight is 423 g/mol. The minimum Gasteiger partial charge on any atom is -0.351 e. The van der Waals surface area contributed by atoms with Crippen LogP contribution in [0.4, 0.5) is 5.69 Å². The molecule has 3 rings (SSSR count). The third-order valence-electron chi connectivity index (χ3n) is 5.10. The lowest BCUT2D eigenvalue weighted by atomic mass is 10.0. The van der Waals surface area contributed by atoms with E-state index < -0.39 is 10.0 Å². The van der Waals surface area contributed by atoms with Crippen molar-refractivity contribution in [3.05, 3.63) is 95.6 Å². The SMILES string of the molecule is Cc1ccc(S(=O)(=O)N(C)c2ccccc2C(=O)NC[C@@H](C)c2ccccc2)cc1. The third kappa shape index (κ3) is 4.71. The highest BCUT2D eigenvalue weighted by Gasteiger charge is 2.25. The van der Waals surface area contributed by atoms with Gasteiger partial charge in [0.1, 0.15) is 0 Å². The number of benzene rings is 3. The summed E-state index contributed by atoms with van der Waals surface area (Å²) in [6, 6.07) is 23.3. The summed E-state index contributed by atoms with van der Waals surface area (Å²) in [5.74, 6) is -0.171. The molecule has 0 unspecified atom stereocenters. The predicted molar refractivity (Wildman–Crippen MR) is 120 cm³/mol. The molecule has 0 saturated heterocycles. The number of rotatable bonds is 7. The maximum atomic E-state index is 13.1. The Labute approximate surface area is 178 Å². The number of nitrogens with one attached hydrogen (secondary N) is 1. The Morgan fingerprint density at radius 1 is 0.933 bits per heavy atom. The van der Waals surface area contributed by atoms with Crippen molar-refractivity contribution in [2.45, 2.75) is 24.7 Å². The van der Waals surface area contributed by atoms with Crippen LogP contribution >= 0.6 is 0 Å². The molecule has 3 aromatic rings. The average Bonchev–Trinajstić information content (AvgIpc) is 2.77. The van der Waals surface area contributed by atoms with E-state index in [0.717, 1.165) is 15.4 Å². The van der Waals surface area contributed by atoms with Gasteiger partial charge in [0, 0.05) is 13.6 Å². The first-order chi connectivity index (χ1) is 14.3. The van der Waals surface area contributed by atoms with E-state index in [1.54, 1.807) is 48.5 Å². The molecule has 0 aliphatic rings. The molecule has 3 aromatic carbocycles. The van der Waals surface area contributed by atoms with Crippen molar-refractivity contribution >= 4 is 21.6 Å². The van der Waals surface area contributed by atoms with Gasteiger partial charge in [-0.05, 0) is 42.7 Å². The molecule has 0 aliphatic carbocycles. The Morgan fingerprint density at radius 2 is 1.53 bits per heavy atom. The fraction of sp³-hybridized carbons (Fsp3) is 0.208. The Bertz CT molecular complexity index is 1110. The fourth-order valence-electron chi connectivity index (χ4n) is 3.18. The zero-order chi connectivity index (χ0) is 21.7. The standard InChI is InChI=1S/C24H26N2O3S/c1-18-13-15-21(16-14-18)30(28,29)26(3)23-12-8-7-11-22(23)24(27)25-17-19(2)20-9-5-4-6-10-20/h4-16,19H,17H2,1-3H3,(H,25,27)/t19-/m1/s1. The van der Waals surface area contributed by atoms with E-state index in [2.05, 4.69) is 5.32 Å². The number of nitrogens with zero attached hydrogens (tertiary/aromatic N) is 1. The van der Waals surface area contributed by atoms with Gasteiger partial charge in [-0.2, -0.15) is 0 Å². The Morgan fingerprint density at radius 3 is 2.20 bits per heavy atom. The van der Waals surface area contributed by atoms with Crippen LogP contribution in [0.25, 0.3) is 0 Å². The zero-order valence-electron chi connectivity index (χ0n) is 17.4. The van der Waals surface area contributed by atoms with Crippen LogP contribution in [0.2, 0.25) is 0 Å². The number of para-hydroxylation sites is 1. The lowest BCUT2D eigenvalue weighted by Gasteiger charge is -2.22. The lowest BCUT2D eigenvalue weighted by Crippen LogP contribution is -2.32. The minimum atomic E-state index is -3.79. The first-order valence-corrected chi connectivity index (χ1v) is 11.2. The van der Waals surface area contributed by atoms with Crippen LogP contribution in [0.1, 0.15) is 34.3 Å². The van der Waals surface area contributed by atoms with E-state index in [0.29, 0.717) is 17.8 Å². The summed E-state index contributed by atoms with van der Waals surface area (Å²) < 4.78 is 27.3. The van der Waals surface area contributed by atoms with Gasteiger partial charge in [0.15, 0.2) is 0 Å². The van der Waals surface area contributed by atoms with E-state index in [1.807, 2.05) is 44.2 Å². The maximum absolute atomic E-state index is 13.1. The molecule has 0 aliphatic heterocycles.